The van der Waals surface area contributed by atoms with Gasteiger partial charge in [-0.2, -0.15) is 0 Å². The Bertz CT molecular complexity index is 596. The minimum absolute atomic E-state index is 0.0637. The van der Waals surface area contributed by atoms with Crippen LogP contribution in [0.25, 0.3) is 11.0 Å². The van der Waals surface area contributed by atoms with Gasteiger partial charge in [-0.05, 0) is 6.07 Å². The van der Waals surface area contributed by atoms with Gasteiger partial charge in [-0.25, -0.2) is 0 Å². The number of hydrogen-bond donors (Lipinski definition) is 2. The number of furan rings is 1. The maximum Gasteiger partial charge on any atom is 0.180 e. The lowest BCUT2D eigenvalue weighted by atomic mass is 10.1. The normalized spacial score (nSPS) is 24.1. The van der Waals surface area contributed by atoms with Crippen molar-refractivity contribution in [3.63, 3.8) is 0 Å². The molecule has 2 atom stereocenters. The van der Waals surface area contributed by atoms with Crippen LogP contribution in [0, 0.1) is 0 Å². The highest BCUT2D eigenvalue weighted by Crippen LogP contribution is 2.22. The fourth-order valence-electron chi connectivity index (χ4n) is 2.46. The van der Waals surface area contributed by atoms with Gasteiger partial charge in [0.15, 0.2) is 5.78 Å². The molecule has 5 nitrogen and oxygen atoms in total. The number of β-amino-alcohol motifs (C(OH)–C–C–N with tert-alkyl or cyclic N) is 2. The lowest BCUT2D eigenvalue weighted by Gasteiger charge is -2.12. The summed E-state index contributed by atoms with van der Waals surface area (Å²) in [7, 11) is 0. The highest BCUT2D eigenvalue weighted by atomic mass is 16.3. The van der Waals surface area contributed by atoms with Crippen molar-refractivity contribution < 1.29 is 19.4 Å². The van der Waals surface area contributed by atoms with Gasteiger partial charge in [-0.1, -0.05) is 18.2 Å². The molecule has 0 saturated carbocycles. The second-order valence-corrected chi connectivity index (χ2v) is 4.90. The van der Waals surface area contributed by atoms with E-state index in [-0.39, 0.29) is 12.3 Å². The topological polar surface area (TPSA) is 73.9 Å². The Labute approximate surface area is 110 Å². The summed E-state index contributed by atoms with van der Waals surface area (Å²) >= 11 is 0. The third kappa shape index (κ3) is 2.28. The molecule has 19 heavy (non-hydrogen) atoms. The molecule has 5 heteroatoms. The van der Waals surface area contributed by atoms with E-state index in [0.717, 1.165) is 5.39 Å². The fourth-order valence-corrected chi connectivity index (χ4v) is 2.46. The number of likely N-dealkylation sites (tertiary alicyclic amines) is 1. The molecular formula is C14H15NO4. The predicted molar refractivity (Wildman–Crippen MR) is 69.0 cm³/mol. The molecule has 1 fully saturated rings. The first-order valence-electron chi connectivity index (χ1n) is 6.23. The maximum atomic E-state index is 12.2. The molecule has 0 amide bonds. The van der Waals surface area contributed by atoms with Crippen molar-refractivity contribution in [3.05, 3.63) is 36.1 Å². The third-order valence-corrected chi connectivity index (χ3v) is 3.48. The Morgan fingerprint density at radius 2 is 1.95 bits per heavy atom. The van der Waals surface area contributed by atoms with E-state index in [1.54, 1.807) is 4.90 Å². The standard InChI is InChI=1S/C14H15NO4/c16-11(5-15-6-12(17)13(18)7-15)10-8-19-14-4-2-1-3-9(10)14/h1-4,8,12-13,17-18H,5-7H2. The van der Waals surface area contributed by atoms with Gasteiger partial charge >= 0.3 is 0 Å². The number of nitrogens with zero attached hydrogens (tertiary/aromatic N) is 1. The summed E-state index contributed by atoms with van der Waals surface area (Å²) in [5.41, 5.74) is 1.24. The number of benzene rings is 1. The first kappa shape index (κ1) is 12.3. The first-order chi connectivity index (χ1) is 9.15. The number of hydrogen-bond acceptors (Lipinski definition) is 5. The summed E-state index contributed by atoms with van der Waals surface area (Å²) in [6.07, 6.45) is -0.0709. The Morgan fingerprint density at radius 3 is 2.68 bits per heavy atom. The molecule has 3 rings (SSSR count). The lowest BCUT2D eigenvalue weighted by molar-refractivity contribution is 0.0572. The molecule has 2 aromatic rings. The van der Waals surface area contributed by atoms with Crippen molar-refractivity contribution in [2.75, 3.05) is 19.6 Å². The number of carbonyl (C=O) groups excluding carboxylic acids is 1. The number of Topliss-reactive ketones (excluding diaryl/α,β-unsaturated/α-hetero) is 1. The number of aliphatic hydroxyl groups excluding tert-OH is 2. The first-order valence-corrected chi connectivity index (χ1v) is 6.23. The number of rotatable bonds is 3. The number of ketones is 1. The zero-order valence-electron chi connectivity index (χ0n) is 10.3. The number of carbonyl (C=O) groups is 1. The van der Waals surface area contributed by atoms with Gasteiger partial charge in [-0.3, -0.25) is 9.69 Å². The Balaban J connectivity index is 1.78. The molecule has 2 unspecified atom stereocenters. The summed E-state index contributed by atoms with van der Waals surface area (Å²) in [6.45, 7) is 0.822. The largest absolute Gasteiger partial charge is 0.464 e. The van der Waals surface area contributed by atoms with E-state index in [1.807, 2.05) is 24.3 Å². The SMILES string of the molecule is O=C(CN1CC(O)C(O)C1)c1coc2ccccc12. The molecular weight excluding hydrogens is 246 g/mol. The predicted octanol–water partition coefficient (Wildman–Crippen LogP) is 0.653. The monoisotopic (exact) mass is 261 g/mol. The Hall–Kier alpha value is -1.69. The van der Waals surface area contributed by atoms with Crippen molar-refractivity contribution in [1.82, 2.24) is 4.90 Å². The third-order valence-electron chi connectivity index (χ3n) is 3.48. The van der Waals surface area contributed by atoms with Crippen molar-refractivity contribution in [2.24, 2.45) is 0 Å². The van der Waals surface area contributed by atoms with Crippen LogP contribution in [0.4, 0.5) is 0 Å². The zero-order chi connectivity index (χ0) is 13.4. The van der Waals surface area contributed by atoms with Gasteiger partial charge in [0, 0.05) is 18.5 Å². The summed E-state index contributed by atoms with van der Waals surface area (Å²) in [4.78, 5) is 14.0. The van der Waals surface area contributed by atoms with Crippen LogP contribution in [0.5, 0.6) is 0 Å². The van der Waals surface area contributed by atoms with Crippen LogP contribution < -0.4 is 0 Å². The minimum Gasteiger partial charge on any atom is -0.464 e. The van der Waals surface area contributed by atoms with Crippen LogP contribution in [0.1, 0.15) is 10.4 Å². The molecule has 2 heterocycles. The van der Waals surface area contributed by atoms with Crippen LogP contribution in [0.15, 0.2) is 34.9 Å². The van der Waals surface area contributed by atoms with Gasteiger partial charge < -0.3 is 14.6 Å². The van der Waals surface area contributed by atoms with Crippen LogP contribution in [-0.4, -0.2) is 52.7 Å². The van der Waals surface area contributed by atoms with Gasteiger partial charge in [0.25, 0.3) is 0 Å². The highest BCUT2D eigenvalue weighted by Gasteiger charge is 2.31. The van der Waals surface area contributed by atoms with Crippen LogP contribution in [0.2, 0.25) is 0 Å². The summed E-state index contributed by atoms with van der Waals surface area (Å²) in [5, 5.41) is 19.7. The average Bonchev–Trinajstić information content (AvgIpc) is 2.94. The van der Waals surface area contributed by atoms with Gasteiger partial charge in [0.1, 0.15) is 11.8 Å². The Kier molecular flexibility index (Phi) is 3.10. The average molecular weight is 261 g/mol. The number of fused-ring (bicyclic) bond motifs is 1. The summed E-state index contributed by atoms with van der Waals surface area (Å²) < 4.78 is 5.34. The molecule has 2 N–H and O–H groups in total. The van der Waals surface area contributed by atoms with E-state index in [0.29, 0.717) is 24.2 Å². The minimum atomic E-state index is -0.770. The smallest absolute Gasteiger partial charge is 0.180 e. The lowest BCUT2D eigenvalue weighted by Crippen LogP contribution is -2.28. The maximum absolute atomic E-state index is 12.2. The van der Waals surface area contributed by atoms with Crippen molar-refractivity contribution in [3.8, 4) is 0 Å². The molecule has 1 aromatic carbocycles. The van der Waals surface area contributed by atoms with E-state index in [9.17, 15) is 15.0 Å². The second kappa shape index (κ2) is 4.77. The molecule has 0 bridgehead atoms. The number of para-hydroxylation sites is 1. The van der Waals surface area contributed by atoms with Gasteiger partial charge in [0.05, 0.1) is 24.3 Å². The second-order valence-electron chi connectivity index (χ2n) is 4.90. The van der Waals surface area contributed by atoms with E-state index >= 15 is 0 Å². The van der Waals surface area contributed by atoms with E-state index < -0.39 is 12.2 Å². The molecule has 0 radical (unpaired) electrons. The van der Waals surface area contributed by atoms with E-state index in [2.05, 4.69) is 0 Å². The van der Waals surface area contributed by atoms with Crippen molar-refractivity contribution >= 4 is 16.8 Å². The fraction of sp³-hybridized carbons (Fsp3) is 0.357. The summed E-state index contributed by atoms with van der Waals surface area (Å²) in [5.74, 6) is -0.0637. The molecule has 1 aliphatic heterocycles. The zero-order valence-corrected chi connectivity index (χ0v) is 10.3. The molecule has 1 saturated heterocycles. The van der Waals surface area contributed by atoms with Crippen molar-refractivity contribution in [2.45, 2.75) is 12.2 Å². The molecule has 100 valence electrons. The van der Waals surface area contributed by atoms with E-state index in [4.69, 9.17) is 4.42 Å². The molecule has 0 spiro atoms. The van der Waals surface area contributed by atoms with Gasteiger partial charge in [0.2, 0.25) is 0 Å². The Morgan fingerprint density at radius 1 is 1.26 bits per heavy atom. The quantitative estimate of drug-likeness (QED) is 0.794. The highest BCUT2D eigenvalue weighted by molar-refractivity contribution is 6.08. The van der Waals surface area contributed by atoms with Crippen LogP contribution >= 0.6 is 0 Å². The van der Waals surface area contributed by atoms with E-state index in [1.165, 1.54) is 6.26 Å². The van der Waals surface area contributed by atoms with Gasteiger partial charge in [-0.15, -0.1) is 0 Å². The summed E-state index contributed by atoms with van der Waals surface area (Å²) in [6, 6.07) is 7.38. The van der Waals surface area contributed by atoms with Crippen LogP contribution in [0.3, 0.4) is 0 Å². The van der Waals surface area contributed by atoms with Crippen molar-refractivity contribution in [1.29, 1.82) is 0 Å². The molecule has 0 aliphatic carbocycles. The molecule has 1 aliphatic rings. The number of aliphatic hydroxyl groups is 2. The molecule has 1 aromatic heterocycles. The van der Waals surface area contributed by atoms with Crippen LogP contribution in [-0.2, 0) is 0 Å².